The van der Waals surface area contributed by atoms with Crippen LogP contribution in [0.3, 0.4) is 0 Å². The Labute approximate surface area is 141 Å². The monoisotopic (exact) mass is 333 g/mol. The minimum atomic E-state index is -0.266. The van der Waals surface area contributed by atoms with Crippen molar-refractivity contribution < 1.29 is 18.8 Å². The molecule has 1 aliphatic rings. The van der Waals surface area contributed by atoms with E-state index in [1.807, 2.05) is 13.0 Å². The first-order valence-electron chi connectivity index (χ1n) is 8.01. The van der Waals surface area contributed by atoms with Crippen LogP contribution >= 0.6 is 0 Å². The van der Waals surface area contributed by atoms with E-state index in [0.29, 0.717) is 31.9 Å². The molecule has 1 N–H and O–H groups in total. The van der Waals surface area contributed by atoms with Crippen LogP contribution in [0.2, 0.25) is 0 Å². The van der Waals surface area contributed by atoms with E-state index in [2.05, 4.69) is 5.32 Å². The maximum absolute atomic E-state index is 12.1. The minimum Gasteiger partial charge on any atom is -0.462 e. The SMILES string of the molecule is CC(=O)N1CCN(C(=O)CCNC(=O)C=Cc2ccc(C)o2)CC1. The quantitative estimate of drug-likeness (QED) is 0.808. The van der Waals surface area contributed by atoms with Gasteiger partial charge in [0.2, 0.25) is 17.7 Å². The van der Waals surface area contributed by atoms with Crippen LogP contribution in [0.1, 0.15) is 24.9 Å². The van der Waals surface area contributed by atoms with E-state index in [4.69, 9.17) is 4.42 Å². The van der Waals surface area contributed by atoms with Crippen LogP contribution in [0.15, 0.2) is 22.6 Å². The fourth-order valence-electron chi connectivity index (χ4n) is 2.48. The summed E-state index contributed by atoms with van der Waals surface area (Å²) in [6.45, 7) is 5.88. The van der Waals surface area contributed by atoms with Crippen LogP contribution in [0.4, 0.5) is 0 Å². The van der Waals surface area contributed by atoms with Crippen LogP contribution in [0.5, 0.6) is 0 Å². The summed E-state index contributed by atoms with van der Waals surface area (Å²) in [6, 6.07) is 3.60. The molecule has 3 amide bonds. The van der Waals surface area contributed by atoms with E-state index in [-0.39, 0.29) is 30.7 Å². The average Bonchev–Trinajstić information content (AvgIpc) is 2.98. The highest BCUT2D eigenvalue weighted by Crippen LogP contribution is 2.07. The Balaban J connectivity index is 1.66. The fraction of sp³-hybridized carbons (Fsp3) is 0.471. The molecule has 0 bridgehead atoms. The number of nitrogens with zero attached hydrogens (tertiary/aromatic N) is 2. The van der Waals surface area contributed by atoms with Gasteiger partial charge < -0.3 is 19.5 Å². The Kier molecular flexibility index (Phi) is 6.17. The summed E-state index contributed by atoms with van der Waals surface area (Å²) >= 11 is 0. The van der Waals surface area contributed by atoms with Gasteiger partial charge in [-0.1, -0.05) is 0 Å². The molecule has 2 rings (SSSR count). The predicted octanol–water partition coefficient (Wildman–Crippen LogP) is 0.798. The zero-order chi connectivity index (χ0) is 17.5. The van der Waals surface area contributed by atoms with Gasteiger partial charge in [-0.3, -0.25) is 14.4 Å². The van der Waals surface area contributed by atoms with Crippen molar-refractivity contribution in [2.45, 2.75) is 20.3 Å². The lowest BCUT2D eigenvalue weighted by Crippen LogP contribution is -2.50. The van der Waals surface area contributed by atoms with E-state index in [1.165, 1.54) is 13.0 Å². The highest BCUT2D eigenvalue weighted by molar-refractivity contribution is 5.91. The molecule has 0 spiro atoms. The largest absolute Gasteiger partial charge is 0.462 e. The van der Waals surface area contributed by atoms with E-state index >= 15 is 0 Å². The zero-order valence-corrected chi connectivity index (χ0v) is 14.1. The maximum Gasteiger partial charge on any atom is 0.244 e. The number of hydrogen-bond donors (Lipinski definition) is 1. The number of amides is 3. The van der Waals surface area contributed by atoms with Gasteiger partial charge in [-0.05, 0) is 25.1 Å². The van der Waals surface area contributed by atoms with Gasteiger partial charge in [-0.2, -0.15) is 0 Å². The molecule has 24 heavy (non-hydrogen) atoms. The molecule has 1 fully saturated rings. The number of aryl methyl sites for hydroxylation is 1. The molecule has 1 aromatic heterocycles. The van der Waals surface area contributed by atoms with E-state index < -0.39 is 0 Å². The van der Waals surface area contributed by atoms with Crippen molar-refractivity contribution in [3.63, 3.8) is 0 Å². The van der Waals surface area contributed by atoms with Crippen LogP contribution in [0.25, 0.3) is 6.08 Å². The Morgan fingerprint density at radius 2 is 1.83 bits per heavy atom. The Bertz CT molecular complexity index is 628. The van der Waals surface area contributed by atoms with Gasteiger partial charge in [0.05, 0.1) is 0 Å². The van der Waals surface area contributed by atoms with Crippen molar-refractivity contribution in [1.82, 2.24) is 15.1 Å². The predicted molar refractivity (Wildman–Crippen MR) is 88.9 cm³/mol. The first-order chi connectivity index (χ1) is 11.5. The van der Waals surface area contributed by atoms with Gasteiger partial charge >= 0.3 is 0 Å². The second-order valence-electron chi connectivity index (χ2n) is 5.71. The lowest BCUT2D eigenvalue weighted by molar-refractivity contribution is -0.138. The maximum atomic E-state index is 12.1. The van der Waals surface area contributed by atoms with Crippen molar-refractivity contribution in [2.75, 3.05) is 32.7 Å². The molecule has 0 aromatic carbocycles. The molecule has 130 valence electrons. The second-order valence-corrected chi connectivity index (χ2v) is 5.71. The van der Waals surface area contributed by atoms with Crippen molar-refractivity contribution >= 4 is 23.8 Å². The molecule has 0 aliphatic carbocycles. The van der Waals surface area contributed by atoms with E-state index in [9.17, 15) is 14.4 Å². The molecule has 7 nitrogen and oxygen atoms in total. The van der Waals surface area contributed by atoms with Crippen molar-refractivity contribution in [1.29, 1.82) is 0 Å². The second kappa shape index (κ2) is 8.33. The number of piperazine rings is 1. The number of rotatable bonds is 5. The van der Waals surface area contributed by atoms with Crippen LogP contribution in [-0.4, -0.2) is 60.2 Å². The molecule has 0 atom stereocenters. The average molecular weight is 333 g/mol. The summed E-state index contributed by atoms with van der Waals surface area (Å²) in [5, 5.41) is 2.68. The Morgan fingerprint density at radius 1 is 1.17 bits per heavy atom. The number of carbonyl (C=O) groups is 3. The first kappa shape index (κ1) is 17.8. The summed E-state index contributed by atoms with van der Waals surface area (Å²) in [5.41, 5.74) is 0. The zero-order valence-electron chi connectivity index (χ0n) is 14.1. The molecule has 2 heterocycles. The number of furan rings is 1. The summed E-state index contributed by atoms with van der Waals surface area (Å²) < 4.78 is 5.33. The molecule has 1 aliphatic heterocycles. The topological polar surface area (TPSA) is 82.9 Å². The van der Waals surface area contributed by atoms with Gasteiger partial charge in [0.15, 0.2) is 0 Å². The van der Waals surface area contributed by atoms with Crippen molar-refractivity contribution in [2.24, 2.45) is 0 Å². The summed E-state index contributed by atoms with van der Waals surface area (Å²) in [6.07, 6.45) is 3.22. The summed E-state index contributed by atoms with van der Waals surface area (Å²) in [4.78, 5) is 38.5. The Morgan fingerprint density at radius 3 is 2.42 bits per heavy atom. The molecular weight excluding hydrogens is 310 g/mol. The molecule has 0 radical (unpaired) electrons. The molecule has 1 aromatic rings. The molecule has 1 saturated heterocycles. The summed E-state index contributed by atoms with van der Waals surface area (Å²) in [5.74, 6) is 1.16. The van der Waals surface area contributed by atoms with Gasteiger partial charge in [-0.15, -0.1) is 0 Å². The van der Waals surface area contributed by atoms with Gasteiger partial charge in [0.1, 0.15) is 11.5 Å². The van der Waals surface area contributed by atoms with Crippen molar-refractivity contribution in [3.8, 4) is 0 Å². The van der Waals surface area contributed by atoms with Gasteiger partial charge in [-0.25, -0.2) is 0 Å². The smallest absolute Gasteiger partial charge is 0.244 e. The lowest BCUT2D eigenvalue weighted by atomic mass is 10.2. The Hall–Kier alpha value is -2.57. The third-order valence-corrected chi connectivity index (χ3v) is 3.88. The molecule has 7 heteroatoms. The molecule has 0 unspecified atom stereocenters. The van der Waals surface area contributed by atoms with Crippen LogP contribution in [0, 0.1) is 6.92 Å². The van der Waals surface area contributed by atoms with E-state index in [1.54, 1.807) is 21.9 Å². The number of nitrogens with one attached hydrogen (secondary N) is 1. The standard InChI is InChI=1S/C17H23N3O4/c1-13-3-4-15(24-13)5-6-16(22)18-8-7-17(23)20-11-9-19(10-12-20)14(2)21/h3-6H,7-12H2,1-2H3,(H,18,22). The van der Waals surface area contributed by atoms with Gasteiger partial charge in [0, 0.05) is 52.1 Å². The highest BCUT2D eigenvalue weighted by Gasteiger charge is 2.21. The number of carbonyl (C=O) groups excluding carboxylic acids is 3. The van der Waals surface area contributed by atoms with Crippen LogP contribution in [-0.2, 0) is 14.4 Å². The fourth-order valence-corrected chi connectivity index (χ4v) is 2.48. The molecular formula is C17H23N3O4. The molecule has 0 saturated carbocycles. The highest BCUT2D eigenvalue weighted by atomic mass is 16.3. The van der Waals surface area contributed by atoms with Crippen molar-refractivity contribution in [3.05, 3.63) is 29.7 Å². The normalized spacial score (nSPS) is 14.9. The van der Waals surface area contributed by atoms with Gasteiger partial charge in [0.25, 0.3) is 0 Å². The van der Waals surface area contributed by atoms with E-state index in [0.717, 1.165) is 5.76 Å². The first-order valence-corrected chi connectivity index (χ1v) is 8.01. The van der Waals surface area contributed by atoms with Crippen LogP contribution < -0.4 is 5.32 Å². The summed E-state index contributed by atoms with van der Waals surface area (Å²) in [7, 11) is 0. The number of hydrogen-bond acceptors (Lipinski definition) is 4. The third-order valence-electron chi connectivity index (χ3n) is 3.88. The lowest BCUT2D eigenvalue weighted by Gasteiger charge is -2.34. The minimum absolute atomic E-state index is 0.0101. The third kappa shape index (κ3) is 5.26.